The Bertz CT molecular complexity index is 1250. The molecular weight excluding hydrogens is 462 g/mol. The molecule has 0 saturated heterocycles. The minimum Gasteiger partial charge on any atom is -0.363 e. The van der Waals surface area contributed by atoms with Gasteiger partial charge in [-0.3, -0.25) is 0 Å². The number of pyridine rings is 1. The molecule has 0 aliphatic heterocycles. The number of nitrogens with one attached hydrogen (secondary N) is 2. The predicted octanol–water partition coefficient (Wildman–Crippen LogP) is 4.57. The Morgan fingerprint density at radius 3 is 2.50 bits per heavy atom. The van der Waals surface area contributed by atoms with Crippen LogP contribution in [-0.4, -0.2) is 57.0 Å². The van der Waals surface area contributed by atoms with Crippen LogP contribution < -0.4 is 5.32 Å². The first-order valence-electron chi connectivity index (χ1n) is 11.2. The molecule has 0 saturated carbocycles. The summed E-state index contributed by atoms with van der Waals surface area (Å²) in [5.74, 6) is -1.42. The molecule has 0 fully saturated rings. The van der Waals surface area contributed by atoms with Crippen molar-refractivity contribution in [3.8, 4) is 11.4 Å². The maximum absolute atomic E-state index is 14.8. The van der Waals surface area contributed by atoms with E-state index in [9.17, 15) is 17.2 Å². The van der Waals surface area contributed by atoms with E-state index in [1.54, 1.807) is 6.20 Å². The summed E-state index contributed by atoms with van der Waals surface area (Å²) in [4.78, 5) is 15.3. The van der Waals surface area contributed by atoms with Gasteiger partial charge in [-0.05, 0) is 31.7 Å². The lowest BCUT2D eigenvalue weighted by molar-refractivity contribution is 0.330. The summed E-state index contributed by atoms with van der Waals surface area (Å²) >= 11 is 0. The van der Waals surface area contributed by atoms with Crippen molar-refractivity contribution in [2.24, 2.45) is 5.41 Å². The zero-order valence-corrected chi connectivity index (χ0v) is 21.2. The Labute approximate surface area is 199 Å². The van der Waals surface area contributed by atoms with Gasteiger partial charge in [-0.25, -0.2) is 32.2 Å². The Kier molecular flexibility index (Phi) is 7.56. The highest BCUT2D eigenvalue weighted by atomic mass is 32.2. The molecule has 1 atom stereocenters. The molecule has 0 spiro atoms. The molecular formula is C23H32F2N6O2S. The quantitative estimate of drug-likeness (QED) is 0.451. The molecule has 8 nitrogen and oxygen atoms in total. The van der Waals surface area contributed by atoms with E-state index in [1.165, 1.54) is 10.4 Å². The van der Waals surface area contributed by atoms with E-state index in [0.29, 0.717) is 29.6 Å². The molecule has 0 radical (unpaired) electrons. The van der Waals surface area contributed by atoms with E-state index >= 15 is 0 Å². The highest BCUT2D eigenvalue weighted by molar-refractivity contribution is 7.89. The van der Waals surface area contributed by atoms with Crippen LogP contribution in [0.15, 0.2) is 24.7 Å². The van der Waals surface area contributed by atoms with Gasteiger partial charge in [-0.15, -0.1) is 0 Å². The van der Waals surface area contributed by atoms with Gasteiger partial charge in [0.05, 0.1) is 18.1 Å². The topological polar surface area (TPSA) is 104 Å². The first-order valence-corrected chi connectivity index (χ1v) is 12.9. The number of nitrogens with zero attached hydrogens (tertiary/aromatic N) is 4. The second-order valence-electron chi connectivity index (χ2n) is 9.69. The average molecular weight is 495 g/mol. The van der Waals surface area contributed by atoms with Crippen LogP contribution in [0, 0.1) is 17.0 Å². The third-order valence-electron chi connectivity index (χ3n) is 5.59. The van der Waals surface area contributed by atoms with E-state index in [4.69, 9.17) is 0 Å². The highest BCUT2D eigenvalue weighted by Gasteiger charge is 2.34. The summed E-state index contributed by atoms with van der Waals surface area (Å²) in [6.45, 7) is 11.7. The number of fused-ring (bicyclic) bond motifs is 1. The number of H-pyrrole nitrogens is 1. The lowest BCUT2D eigenvalue weighted by Crippen LogP contribution is -2.47. The molecule has 3 heterocycles. The second kappa shape index (κ2) is 9.91. The third kappa shape index (κ3) is 5.69. The number of halogens is 2. The summed E-state index contributed by atoms with van der Waals surface area (Å²) in [6, 6.07) is 0.464. The zero-order valence-electron chi connectivity index (χ0n) is 20.4. The number of aromatic nitrogens is 4. The highest BCUT2D eigenvalue weighted by Crippen LogP contribution is 2.29. The van der Waals surface area contributed by atoms with Gasteiger partial charge >= 0.3 is 0 Å². The molecule has 3 aromatic heterocycles. The average Bonchev–Trinajstić information content (AvgIpc) is 3.14. The molecule has 186 valence electrons. The normalized spacial score (nSPS) is 13.7. The van der Waals surface area contributed by atoms with Crippen molar-refractivity contribution in [1.29, 1.82) is 0 Å². The molecule has 0 amide bonds. The summed E-state index contributed by atoms with van der Waals surface area (Å²) in [5, 5.41) is 3.47. The summed E-state index contributed by atoms with van der Waals surface area (Å²) in [6.07, 6.45) is 4.37. The SMILES string of the molecule is CCCN(C(C)C)S(=O)(=O)C[C@@H](Nc1nc(-c2c[nH]c3ncc(F)cc23)ncc1F)C(C)(C)C. The number of rotatable bonds is 9. The van der Waals surface area contributed by atoms with Crippen LogP contribution in [0.1, 0.15) is 48.0 Å². The van der Waals surface area contributed by atoms with Crippen molar-refractivity contribution in [3.63, 3.8) is 0 Å². The van der Waals surface area contributed by atoms with Crippen LogP contribution in [0.2, 0.25) is 0 Å². The molecule has 3 aromatic rings. The summed E-state index contributed by atoms with van der Waals surface area (Å²) < 4.78 is 56.4. The lowest BCUT2D eigenvalue weighted by Gasteiger charge is -2.34. The zero-order chi connectivity index (χ0) is 25.3. The maximum Gasteiger partial charge on any atom is 0.216 e. The molecule has 0 unspecified atom stereocenters. The summed E-state index contributed by atoms with van der Waals surface area (Å²) in [7, 11) is -3.64. The van der Waals surface area contributed by atoms with Gasteiger partial charge in [0.1, 0.15) is 11.5 Å². The van der Waals surface area contributed by atoms with Gasteiger partial charge in [0.2, 0.25) is 10.0 Å². The largest absolute Gasteiger partial charge is 0.363 e. The number of sulfonamides is 1. The van der Waals surface area contributed by atoms with Crippen molar-refractivity contribution >= 4 is 26.9 Å². The number of anilines is 1. The van der Waals surface area contributed by atoms with Crippen molar-refractivity contribution in [2.45, 2.75) is 60.0 Å². The Morgan fingerprint density at radius 2 is 1.88 bits per heavy atom. The van der Waals surface area contributed by atoms with Crippen LogP contribution in [0.25, 0.3) is 22.4 Å². The van der Waals surface area contributed by atoms with Gasteiger partial charge in [0.25, 0.3) is 0 Å². The molecule has 34 heavy (non-hydrogen) atoms. The monoisotopic (exact) mass is 494 g/mol. The molecule has 0 bridgehead atoms. The fourth-order valence-electron chi connectivity index (χ4n) is 3.68. The van der Waals surface area contributed by atoms with Gasteiger partial charge in [0.15, 0.2) is 17.5 Å². The predicted molar refractivity (Wildman–Crippen MR) is 130 cm³/mol. The maximum atomic E-state index is 14.8. The van der Waals surface area contributed by atoms with E-state index in [0.717, 1.165) is 12.4 Å². The van der Waals surface area contributed by atoms with E-state index in [2.05, 4.69) is 25.3 Å². The Balaban J connectivity index is 1.97. The van der Waals surface area contributed by atoms with Crippen LogP contribution >= 0.6 is 0 Å². The van der Waals surface area contributed by atoms with Gasteiger partial charge in [-0.2, -0.15) is 4.31 Å². The van der Waals surface area contributed by atoms with E-state index in [1.807, 2.05) is 41.5 Å². The number of hydrogen-bond donors (Lipinski definition) is 2. The first kappa shape index (κ1) is 26.0. The number of aromatic amines is 1. The van der Waals surface area contributed by atoms with E-state index < -0.39 is 33.1 Å². The third-order valence-corrected chi connectivity index (χ3v) is 7.67. The molecule has 0 aliphatic rings. The van der Waals surface area contributed by atoms with Crippen LogP contribution in [-0.2, 0) is 10.0 Å². The lowest BCUT2D eigenvalue weighted by atomic mass is 9.88. The minimum absolute atomic E-state index is 0.120. The van der Waals surface area contributed by atoms with Crippen molar-refractivity contribution in [2.75, 3.05) is 17.6 Å². The first-order chi connectivity index (χ1) is 15.8. The van der Waals surface area contributed by atoms with Crippen LogP contribution in [0.3, 0.4) is 0 Å². The number of hydrogen-bond acceptors (Lipinski definition) is 6. The van der Waals surface area contributed by atoms with Crippen LogP contribution in [0.5, 0.6) is 0 Å². The fourth-order valence-corrected chi connectivity index (χ4v) is 5.98. The molecule has 0 aliphatic carbocycles. The Hall–Kier alpha value is -2.66. The molecule has 0 aromatic carbocycles. The fraction of sp³-hybridized carbons (Fsp3) is 0.522. The molecule has 2 N–H and O–H groups in total. The van der Waals surface area contributed by atoms with E-state index in [-0.39, 0.29) is 23.4 Å². The van der Waals surface area contributed by atoms with Gasteiger partial charge < -0.3 is 10.3 Å². The van der Waals surface area contributed by atoms with Crippen molar-refractivity contribution < 1.29 is 17.2 Å². The smallest absolute Gasteiger partial charge is 0.216 e. The molecule has 11 heteroatoms. The summed E-state index contributed by atoms with van der Waals surface area (Å²) in [5.41, 5.74) is 0.369. The van der Waals surface area contributed by atoms with Crippen molar-refractivity contribution in [1.82, 2.24) is 24.2 Å². The van der Waals surface area contributed by atoms with Crippen molar-refractivity contribution in [3.05, 3.63) is 36.3 Å². The standard InChI is InChI=1S/C23H32F2N6O2S/c1-7-8-31(14(2)3)34(32,33)13-19(23(4,5)6)29-22-18(25)12-28-21(30-22)17-11-27-20-16(17)9-15(24)10-26-20/h9-12,14,19H,7-8,13H2,1-6H3,(H,26,27)(H,28,29,30)/t19-/m1/s1. The van der Waals surface area contributed by atoms with Gasteiger partial charge in [0, 0.05) is 35.8 Å². The van der Waals surface area contributed by atoms with Crippen LogP contribution in [0.4, 0.5) is 14.6 Å². The molecule has 3 rings (SSSR count). The minimum atomic E-state index is -3.64. The Morgan fingerprint density at radius 1 is 1.18 bits per heavy atom. The second-order valence-corrected chi connectivity index (χ2v) is 11.7. The van der Waals surface area contributed by atoms with Gasteiger partial charge in [-0.1, -0.05) is 27.7 Å².